The van der Waals surface area contributed by atoms with Gasteiger partial charge < -0.3 is 4.90 Å². The molecule has 0 spiro atoms. The van der Waals surface area contributed by atoms with Gasteiger partial charge in [0.25, 0.3) is 5.91 Å². The molecule has 0 aromatic heterocycles. The molecule has 0 bridgehead atoms. The van der Waals surface area contributed by atoms with Gasteiger partial charge in [-0.2, -0.15) is 0 Å². The van der Waals surface area contributed by atoms with Crippen LogP contribution in [0.4, 0.5) is 8.78 Å². The van der Waals surface area contributed by atoms with E-state index in [1.165, 1.54) is 12.1 Å². The molecule has 38 heavy (non-hydrogen) atoms. The summed E-state index contributed by atoms with van der Waals surface area (Å²) in [6.07, 6.45) is 0.547. The van der Waals surface area contributed by atoms with Crippen LogP contribution < -0.4 is 5.32 Å². The van der Waals surface area contributed by atoms with Gasteiger partial charge in [0.05, 0.1) is 6.04 Å². The number of piperidine rings is 1. The summed E-state index contributed by atoms with van der Waals surface area (Å²) in [5, 5.41) is 2.54. The Kier molecular flexibility index (Phi) is 6.49. The van der Waals surface area contributed by atoms with Gasteiger partial charge in [-0.15, -0.1) is 11.8 Å². The molecular weight excluding hydrogens is 508 g/mol. The average Bonchev–Trinajstić information content (AvgIpc) is 3.20. The highest BCUT2D eigenvalue weighted by Gasteiger charge is 2.40. The molecule has 0 radical (unpaired) electrons. The van der Waals surface area contributed by atoms with Crippen molar-refractivity contribution in [1.29, 1.82) is 0 Å². The van der Waals surface area contributed by atoms with Crippen LogP contribution in [0.5, 0.6) is 0 Å². The van der Waals surface area contributed by atoms with Gasteiger partial charge in [0.1, 0.15) is 17.7 Å². The second kappa shape index (κ2) is 9.96. The predicted octanol–water partition coefficient (Wildman–Crippen LogP) is 4.29. The van der Waals surface area contributed by atoms with Gasteiger partial charge in [-0.1, -0.05) is 36.4 Å². The van der Waals surface area contributed by atoms with Gasteiger partial charge in [-0.3, -0.25) is 24.6 Å². The van der Waals surface area contributed by atoms with Crippen molar-refractivity contribution >= 4 is 29.5 Å². The topological polar surface area (TPSA) is 69.7 Å². The first-order valence-electron chi connectivity index (χ1n) is 12.6. The molecule has 3 aromatic carbocycles. The Labute approximate surface area is 223 Å². The van der Waals surface area contributed by atoms with Crippen LogP contribution in [-0.4, -0.2) is 51.9 Å². The smallest absolute Gasteiger partial charge is 0.255 e. The van der Waals surface area contributed by atoms with Crippen molar-refractivity contribution in [1.82, 2.24) is 15.1 Å². The number of fused-ring (bicyclic) bond motifs is 1. The third-order valence-electron chi connectivity index (χ3n) is 7.44. The van der Waals surface area contributed by atoms with Crippen molar-refractivity contribution in [2.24, 2.45) is 0 Å². The van der Waals surface area contributed by atoms with E-state index in [1.54, 1.807) is 59.1 Å². The lowest BCUT2D eigenvalue weighted by atomic mass is 9.93. The minimum atomic E-state index is -0.641. The monoisotopic (exact) mass is 533 g/mol. The maximum atomic E-state index is 14.8. The van der Waals surface area contributed by atoms with Gasteiger partial charge in [-0.05, 0) is 42.3 Å². The second-order valence-corrected chi connectivity index (χ2v) is 11.2. The quantitative estimate of drug-likeness (QED) is 0.479. The maximum Gasteiger partial charge on any atom is 0.255 e. The van der Waals surface area contributed by atoms with Crippen LogP contribution in [0.15, 0.2) is 71.6 Å². The highest BCUT2D eigenvalue weighted by molar-refractivity contribution is 8.00. The zero-order valence-corrected chi connectivity index (χ0v) is 21.2. The van der Waals surface area contributed by atoms with E-state index in [1.807, 2.05) is 12.1 Å². The molecule has 3 aromatic rings. The standard InChI is InChI=1S/C29H25F2N3O3S/c30-23-7-3-1-5-21(23)27(22-6-2-4-8-24(22)31)33-15-19(16-33)38-18-9-10-20-17(13-18)14-34(29(20)37)25-11-12-26(35)32-28(25)36/h1-10,13,19,25,27H,11-12,14-16H2,(H,32,35,36). The van der Waals surface area contributed by atoms with Crippen molar-refractivity contribution in [3.05, 3.63) is 101 Å². The van der Waals surface area contributed by atoms with E-state index >= 15 is 0 Å². The third-order valence-corrected chi connectivity index (χ3v) is 8.60. The Morgan fingerprint density at radius 3 is 2.18 bits per heavy atom. The number of imide groups is 1. The van der Waals surface area contributed by atoms with Gasteiger partial charge in [0.15, 0.2) is 0 Å². The van der Waals surface area contributed by atoms with Crippen LogP contribution in [0.2, 0.25) is 0 Å². The maximum absolute atomic E-state index is 14.8. The van der Waals surface area contributed by atoms with Crippen molar-refractivity contribution in [3.63, 3.8) is 0 Å². The molecule has 1 atom stereocenters. The predicted molar refractivity (Wildman–Crippen MR) is 138 cm³/mol. The summed E-state index contributed by atoms with van der Waals surface area (Å²) < 4.78 is 29.5. The number of amides is 3. The zero-order valence-electron chi connectivity index (χ0n) is 20.4. The number of likely N-dealkylation sites (tertiary alicyclic amines) is 1. The van der Waals surface area contributed by atoms with Gasteiger partial charge in [-0.25, -0.2) is 8.78 Å². The Bertz CT molecular complexity index is 1400. The fourth-order valence-electron chi connectivity index (χ4n) is 5.53. The highest BCUT2D eigenvalue weighted by Crippen LogP contribution is 2.40. The minimum Gasteiger partial charge on any atom is -0.322 e. The van der Waals surface area contributed by atoms with Crippen LogP contribution in [0.3, 0.4) is 0 Å². The first-order chi connectivity index (χ1) is 18.4. The number of nitrogens with zero attached hydrogens (tertiary/aromatic N) is 2. The fraction of sp³-hybridized carbons (Fsp3) is 0.276. The molecule has 3 aliphatic rings. The molecule has 3 aliphatic heterocycles. The van der Waals surface area contributed by atoms with Crippen molar-refractivity contribution in [2.75, 3.05) is 13.1 Å². The molecule has 6 rings (SSSR count). The number of carbonyl (C=O) groups excluding carboxylic acids is 3. The summed E-state index contributed by atoms with van der Waals surface area (Å²) in [6.45, 7) is 1.63. The largest absolute Gasteiger partial charge is 0.322 e. The summed E-state index contributed by atoms with van der Waals surface area (Å²) >= 11 is 1.67. The van der Waals surface area contributed by atoms with Crippen LogP contribution in [0.1, 0.15) is 45.9 Å². The molecule has 0 aliphatic carbocycles. The number of carbonyl (C=O) groups is 3. The average molecular weight is 534 g/mol. The van der Waals surface area contributed by atoms with Crippen LogP contribution >= 0.6 is 11.8 Å². The fourth-order valence-corrected chi connectivity index (χ4v) is 6.80. The van der Waals surface area contributed by atoms with Gasteiger partial charge in [0.2, 0.25) is 11.8 Å². The number of nitrogens with one attached hydrogen (secondary N) is 1. The van der Waals surface area contributed by atoms with Crippen LogP contribution in [-0.2, 0) is 16.1 Å². The molecule has 0 saturated carbocycles. The van der Waals surface area contributed by atoms with Crippen molar-refractivity contribution < 1.29 is 23.2 Å². The lowest BCUT2D eigenvalue weighted by molar-refractivity contribution is -0.136. The first kappa shape index (κ1) is 24.8. The molecule has 1 unspecified atom stereocenters. The van der Waals surface area contributed by atoms with Crippen molar-refractivity contribution in [3.8, 4) is 0 Å². The Hall–Kier alpha value is -3.56. The molecule has 2 saturated heterocycles. The molecular formula is C29H25F2N3O3S. The number of benzene rings is 3. The normalized spacial score (nSPS) is 20.0. The molecule has 194 valence electrons. The second-order valence-electron chi connectivity index (χ2n) is 9.86. The van der Waals surface area contributed by atoms with E-state index in [4.69, 9.17) is 0 Å². The van der Waals surface area contributed by atoms with E-state index in [0.29, 0.717) is 42.7 Å². The summed E-state index contributed by atoms with van der Waals surface area (Å²) in [5.41, 5.74) is 2.33. The highest BCUT2D eigenvalue weighted by atomic mass is 32.2. The number of thioether (sulfide) groups is 1. The first-order valence-corrected chi connectivity index (χ1v) is 13.4. The molecule has 6 nitrogen and oxygen atoms in total. The number of rotatable bonds is 6. The lowest BCUT2D eigenvalue weighted by Crippen LogP contribution is -2.52. The summed E-state index contributed by atoms with van der Waals surface area (Å²) in [4.78, 5) is 41.4. The van der Waals surface area contributed by atoms with E-state index in [2.05, 4.69) is 10.2 Å². The minimum absolute atomic E-state index is 0.196. The van der Waals surface area contributed by atoms with E-state index in [9.17, 15) is 23.2 Å². The zero-order chi connectivity index (χ0) is 26.4. The van der Waals surface area contributed by atoms with E-state index in [-0.39, 0.29) is 35.1 Å². The van der Waals surface area contributed by atoms with Gasteiger partial charge >= 0.3 is 0 Å². The summed E-state index contributed by atoms with van der Waals surface area (Å²) in [7, 11) is 0. The molecule has 9 heteroatoms. The number of halogens is 2. The molecule has 2 fully saturated rings. The van der Waals surface area contributed by atoms with E-state index in [0.717, 1.165) is 10.5 Å². The molecule has 3 amide bonds. The lowest BCUT2D eigenvalue weighted by Gasteiger charge is -2.44. The van der Waals surface area contributed by atoms with Gasteiger partial charge in [0, 0.05) is 52.9 Å². The third kappa shape index (κ3) is 4.50. The number of hydrogen-bond donors (Lipinski definition) is 1. The summed E-state index contributed by atoms with van der Waals surface area (Å²) in [5.74, 6) is -1.65. The SMILES string of the molecule is O=C1CCC(N2Cc3cc(SC4CN(C(c5ccccc5F)c5ccccc5F)C4)ccc3C2=O)C(=O)N1. The van der Waals surface area contributed by atoms with Crippen LogP contribution in [0.25, 0.3) is 0 Å². The molecule has 3 heterocycles. The Morgan fingerprint density at radius 2 is 1.55 bits per heavy atom. The Balaban J connectivity index is 1.15. The number of hydrogen-bond acceptors (Lipinski definition) is 5. The Morgan fingerprint density at radius 1 is 0.895 bits per heavy atom. The van der Waals surface area contributed by atoms with Crippen molar-refractivity contribution in [2.45, 2.75) is 41.6 Å². The van der Waals surface area contributed by atoms with E-state index < -0.39 is 18.0 Å². The van der Waals surface area contributed by atoms with Crippen LogP contribution in [0, 0.1) is 11.6 Å². The molecule has 1 N–H and O–H groups in total. The summed E-state index contributed by atoms with van der Waals surface area (Å²) in [6, 6.07) is 17.5.